The molecule has 0 radical (unpaired) electrons. The largest absolute Gasteiger partial charge is 0.303 e. The van der Waals surface area contributed by atoms with Gasteiger partial charge < -0.3 is 4.90 Å². The highest BCUT2D eigenvalue weighted by atomic mass is 32.1. The summed E-state index contributed by atoms with van der Waals surface area (Å²) < 4.78 is 4.46. The van der Waals surface area contributed by atoms with E-state index in [0.717, 1.165) is 41.6 Å². The summed E-state index contributed by atoms with van der Waals surface area (Å²) in [6.45, 7) is 6.89. The van der Waals surface area contributed by atoms with E-state index < -0.39 is 0 Å². The van der Waals surface area contributed by atoms with E-state index in [4.69, 9.17) is 0 Å². The number of nitrogens with zero attached hydrogens (tertiary/aromatic N) is 6. The molecule has 5 heterocycles. The lowest BCUT2D eigenvalue weighted by Crippen LogP contribution is -2.39. The molecular formula is C21H30N6OS. The third kappa shape index (κ3) is 3.73. The van der Waals surface area contributed by atoms with Crippen molar-refractivity contribution in [1.82, 2.24) is 29.0 Å². The molecule has 29 heavy (non-hydrogen) atoms. The van der Waals surface area contributed by atoms with Crippen LogP contribution in [0.3, 0.4) is 0 Å². The van der Waals surface area contributed by atoms with Crippen LogP contribution in [0.2, 0.25) is 0 Å². The smallest absolute Gasteiger partial charge is 0.272 e. The van der Waals surface area contributed by atoms with Gasteiger partial charge in [0.1, 0.15) is 4.70 Å². The van der Waals surface area contributed by atoms with Gasteiger partial charge in [0.2, 0.25) is 5.78 Å². The highest BCUT2D eigenvalue weighted by Crippen LogP contribution is 2.23. The Morgan fingerprint density at radius 1 is 1.03 bits per heavy atom. The first-order chi connectivity index (χ1) is 14.2. The van der Waals surface area contributed by atoms with Crippen LogP contribution in [0.15, 0.2) is 16.2 Å². The fourth-order valence-corrected chi connectivity index (χ4v) is 5.82. The predicted octanol–water partition coefficient (Wildman–Crippen LogP) is 2.73. The van der Waals surface area contributed by atoms with Gasteiger partial charge in [0.25, 0.3) is 5.56 Å². The molecule has 5 rings (SSSR count). The van der Waals surface area contributed by atoms with Gasteiger partial charge in [-0.1, -0.05) is 12.8 Å². The molecule has 3 aromatic heterocycles. The van der Waals surface area contributed by atoms with Crippen LogP contribution in [0.25, 0.3) is 16.0 Å². The average molecular weight is 415 g/mol. The molecule has 3 aromatic rings. The third-order valence-electron chi connectivity index (χ3n) is 6.68. The lowest BCUT2D eigenvalue weighted by molar-refractivity contribution is 0.138. The quantitative estimate of drug-likeness (QED) is 0.657. The summed E-state index contributed by atoms with van der Waals surface area (Å²) >= 11 is 1.49. The maximum atomic E-state index is 12.5. The van der Waals surface area contributed by atoms with E-state index in [0.29, 0.717) is 5.78 Å². The molecule has 0 atom stereocenters. The number of aryl methyl sites for hydroxylation is 1. The second-order valence-electron chi connectivity index (χ2n) is 8.69. The van der Waals surface area contributed by atoms with E-state index in [-0.39, 0.29) is 5.56 Å². The van der Waals surface area contributed by atoms with Crippen molar-refractivity contribution in [1.29, 1.82) is 0 Å². The molecule has 2 aliphatic rings. The van der Waals surface area contributed by atoms with Crippen molar-refractivity contribution in [3.8, 4) is 0 Å². The lowest BCUT2D eigenvalue weighted by atomic mass is 9.96. The first kappa shape index (κ1) is 19.2. The number of hydrogen-bond donors (Lipinski definition) is 0. The van der Waals surface area contributed by atoms with Gasteiger partial charge in [-0.15, -0.1) is 21.5 Å². The Hall–Kier alpha value is -1.77. The zero-order valence-electron chi connectivity index (χ0n) is 17.2. The second kappa shape index (κ2) is 8.16. The molecule has 0 aromatic carbocycles. The van der Waals surface area contributed by atoms with E-state index >= 15 is 0 Å². The van der Waals surface area contributed by atoms with Gasteiger partial charge in [-0.3, -0.25) is 18.7 Å². The lowest BCUT2D eigenvalue weighted by Gasteiger charge is -2.34. The molecule has 156 valence electrons. The number of likely N-dealkylation sites (tertiary alicyclic amines) is 2. The van der Waals surface area contributed by atoms with Crippen LogP contribution in [0.4, 0.5) is 0 Å². The Bertz CT molecular complexity index is 1040. The molecule has 0 unspecified atom stereocenters. The van der Waals surface area contributed by atoms with Crippen LogP contribution in [0.5, 0.6) is 0 Å². The molecule has 0 saturated carbocycles. The molecule has 2 aliphatic heterocycles. The topological polar surface area (TPSA) is 58.7 Å². The fourth-order valence-electron chi connectivity index (χ4n) is 4.97. The summed E-state index contributed by atoms with van der Waals surface area (Å²) in [6.07, 6.45) is 8.09. The summed E-state index contributed by atoms with van der Waals surface area (Å²) in [5, 5.41) is 10.8. The van der Waals surface area contributed by atoms with E-state index in [1.807, 2.05) is 11.4 Å². The van der Waals surface area contributed by atoms with E-state index in [2.05, 4.69) is 24.4 Å². The van der Waals surface area contributed by atoms with Crippen LogP contribution < -0.4 is 5.56 Å². The van der Waals surface area contributed by atoms with Gasteiger partial charge in [-0.05, 0) is 69.2 Å². The standard InChI is InChI=1S/C21H30N6OS/c1-24-20(28)19-17(8-13-29-19)27-18(22-23-21(24)27)15-26-11-6-16(7-12-26)14-25-9-4-2-3-5-10-25/h8,13,16H,2-7,9-12,14-15H2,1H3. The molecular weight excluding hydrogens is 384 g/mol. The Labute approximate surface area is 174 Å². The highest BCUT2D eigenvalue weighted by Gasteiger charge is 2.24. The molecule has 2 fully saturated rings. The van der Waals surface area contributed by atoms with Crippen molar-refractivity contribution in [3.05, 3.63) is 27.6 Å². The number of aromatic nitrogens is 4. The average Bonchev–Trinajstić information content (AvgIpc) is 3.29. The van der Waals surface area contributed by atoms with Crippen LogP contribution in [0, 0.1) is 5.92 Å². The van der Waals surface area contributed by atoms with E-state index in [1.165, 1.54) is 69.5 Å². The van der Waals surface area contributed by atoms with Crippen LogP contribution in [0.1, 0.15) is 44.3 Å². The molecule has 0 aliphatic carbocycles. The van der Waals surface area contributed by atoms with Crippen LogP contribution >= 0.6 is 11.3 Å². The summed E-state index contributed by atoms with van der Waals surface area (Å²) in [6, 6.07) is 2.01. The van der Waals surface area contributed by atoms with Crippen molar-refractivity contribution in [3.63, 3.8) is 0 Å². The summed E-state index contributed by atoms with van der Waals surface area (Å²) in [4.78, 5) is 17.7. The van der Waals surface area contributed by atoms with Crippen molar-refractivity contribution in [2.45, 2.75) is 45.1 Å². The Balaban J connectivity index is 1.27. The predicted molar refractivity (Wildman–Crippen MR) is 117 cm³/mol. The zero-order chi connectivity index (χ0) is 19.8. The van der Waals surface area contributed by atoms with Crippen molar-refractivity contribution >= 4 is 27.3 Å². The number of rotatable bonds is 4. The molecule has 0 spiro atoms. The number of hydrogen-bond acceptors (Lipinski definition) is 6. The first-order valence-electron chi connectivity index (χ1n) is 11.0. The normalized spacial score (nSPS) is 20.6. The van der Waals surface area contributed by atoms with Gasteiger partial charge in [0.05, 0.1) is 12.1 Å². The van der Waals surface area contributed by atoms with Gasteiger partial charge in [0, 0.05) is 13.6 Å². The molecule has 0 bridgehead atoms. The number of piperidine rings is 1. The zero-order valence-corrected chi connectivity index (χ0v) is 18.0. The fraction of sp³-hybridized carbons (Fsp3) is 0.667. The minimum atomic E-state index is 0.00998. The maximum absolute atomic E-state index is 12.5. The highest BCUT2D eigenvalue weighted by molar-refractivity contribution is 7.17. The van der Waals surface area contributed by atoms with Gasteiger partial charge >= 0.3 is 0 Å². The van der Waals surface area contributed by atoms with Crippen LogP contribution in [-0.2, 0) is 13.6 Å². The second-order valence-corrected chi connectivity index (χ2v) is 9.60. The Kier molecular flexibility index (Phi) is 5.41. The van der Waals surface area contributed by atoms with Crippen molar-refractivity contribution in [2.24, 2.45) is 13.0 Å². The monoisotopic (exact) mass is 414 g/mol. The summed E-state index contributed by atoms with van der Waals surface area (Å²) in [5.74, 6) is 2.39. The molecule has 0 amide bonds. The van der Waals surface area contributed by atoms with Gasteiger partial charge in [-0.25, -0.2) is 0 Å². The summed E-state index contributed by atoms with van der Waals surface area (Å²) in [5.41, 5.74) is 0.944. The van der Waals surface area contributed by atoms with E-state index in [1.54, 1.807) is 11.6 Å². The molecule has 7 nitrogen and oxygen atoms in total. The minimum Gasteiger partial charge on any atom is -0.303 e. The number of thiophene rings is 1. The first-order valence-corrected chi connectivity index (χ1v) is 11.8. The number of fused-ring (bicyclic) bond motifs is 3. The maximum Gasteiger partial charge on any atom is 0.272 e. The molecule has 2 saturated heterocycles. The third-order valence-corrected chi connectivity index (χ3v) is 7.58. The molecule has 0 N–H and O–H groups in total. The van der Waals surface area contributed by atoms with E-state index in [9.17, 15) is 4.79 Å². The Morgan fingerprint density at radius 3 is 2.55 bits per heavy atom. The molecule has 8 heteroatoms. The van der Waals surface area contributed by atoms with Gasteiger partial charge in [-0.2, -0.15) is 0 Å². The van der Waals surface area contributed by atoms with Gasteiger partial charge in [0.15, 0.2) is 5.82 Å². The Morgan fingerprint density at radius 2 is 1.79 bits per heavy atom. The van der Waals surface area contributed by atoms with Crippen LogP contribution in [-0.4, -0.2) is 61.7 Å². The van der Waals surface area contributed by atoms with Crippen molar-refractivity contribution < 1.29 is 0 Å². The minimum absolute atomic E-state index is 0.00998. The SMILES string of the molecule is Cn1c(=O)c2sccc2n2c(CN3CCC(CN4CCCCCC4)CC3)nnc12. The summed E-state index contributed by atoms with van der Waals surface area (Å²) in [7, 11) is 1.78. The van der Waals surface area contributed by atoms with Crippen molar-refractivity contribution in [2.75, 3.05) is 32.7 Å².